The standard InChI is InChI=1S/C17H32N4/c1-11-7-12-8-13(16(12)19)10-17(2,9-11)21-20-15-5-3-14(18)4-6-15/h7,11,13-16,20-21H,3-6,8-10,18-19H2,1-2H3/b12-7+. The van der Waals surface area contributed by atoms with Gasteiger partial charge in [0.05, 0.1) is 0 Å². The van der Waals surface area contributed by atoms with Gasteiger partial charge in [0.25, 0.3) is 0 Å². The molecule has 4 aliphatic rings. The lowest BCUT2D eigenvalue weighted by atomic mass is 9.65. The highest BCUT2D eigenvalue weighted by Crippen LogP contribution is 2.42. The van der Waals surface area contributed by atoms with Crippen molar-refractivity contribution >= 4 is 0 Å². The highest BCUT2D eigenvalue weighted by Gasteiger charge is 2.41. The maximum absolute atomic E-state index is 6.30. The second-order valence-electron chi connectivity index (χ2n) is 8.06. The quantitative estimate of drug-likeness (QED) is 0.473. The van der Waals surface area contributed by atoms with Crippen LogP contribution in [0.2, 0.25) is 0 Å². The van der Waals surface area contributed by atoms with E-state index in [4.69, 9.17) is 11.5 Å². The molecule has 0 aliphatic heterocycles. The van der Waals surface area contributed by atoms with Crippen molar-refractivity contribution in [3.05, 3.63) is 11.6 Å². The smallest absolute Gasteiger partial charge is 0.0304 e. The summed E-state index contributed by atoms with van der Waals surface area (Å²) >= 11 is 0. The second kappa shape index (κ2) is 5.99. The molecule has 2 bridgehead atoms. The average Bonchev–Trinajstić information content (AvgIpc) is 2.43. The van der Waals surface area contributed by atoms with Crippen molar-refractivity contribution < 1.29 is 0 Å². The summed E-state index contributed by atoms with van der Waals surface area (Å²) in [6.45, 7) is 4.67. The predicted molar refractivity (Wildman–Crippen MR) is 87.5 cm³/mol. The molecule has 2 fully saturated rings. The van der Waals surface area contributed by atoms with E-state index in [1.54, 1.807) is 0 Å². The van der Waals surface area contributed by atoms with E-state index in [2.05, 4.69) is 30.8 Å². The van der Waals surface area contributed by atoms with Crippen LogP contribution in [0.3, 0.4) is 0 Å². The maximum atomic E-state index is 6.30. The SMILES string of the molecule is CC1/C=C2\CC(CC(C)(NNC3CCC(N)CC3)C1)C2N. The lowest BCUT2D eigenvalue weighted by Crippen LogP contribution is -2.59. The first-order valence-electron chi connectivity index (χ1n) is 8.70. The Labute approximate surface area is 129 Å². The normalized spacial score (nSPS) is 49.5. The van der Waals surface area contributed by atoms with Crippen LogP contribution >= 0.6 is 0 Å². The maximum Gasteiger partial charge on any atom is 0.0304 e. The molecule has 0 amide bonds. The van der Waals surface area contributed by atoms with Gasteiger partial charge in [-0.1, -0.05) is 18.6 Å². The fourth-order valence-corrected chi connectivity index (χ4v) is 4.53. The second-order valence-corrected chi connectivity index (χ2v) is 8.06. The molecule has 120 valence electrons. The van der Waals surface area contributed by atoms with Gasteiger partial charge in [0.15, 0.2) is 0 Å². The summed E-state index contributed by atoms with van der Waals surface area (Å²) in [6.07, 6.45) is 10.6. The number of allylic oxidation sites excluding steroid dienone is 1. The molecule has 0 aromatic rings. The number of fused-ring (bicyclic) bond motifs is 4. The van der Waals surface area contributed by atoms with Crippen molar-refractivity contribution in [1.29, 1.82) is 0 Å². The van der Waals surface area contributed by atoms with Crippen LogP contribution in [0.15, 0.2) is 11.6 Å². The molecule has 0 heterocycles. The van der Waals surface area contributed by atoms with Gasteiger partial charge in [-0.15, -0.1) is 0 Å². The summed E-state index contributed by atoms with van der Waals surface area (Å²) in [5.41, 5.74) is 21.2. The van der Waals surface area contributed by atoms with Crippen molar-refractivity contribution in [2.24, 2.45) is 23.3 Å². The minimum absolute atomic E-state index is 0.143. The average molecular weight is 292 g/mol. The largest absolute Gasteiger partial charge is 0.328 e. The van der Waals surface area contributed by atoms with Crippen LogP contribution in [-0.2, 0) is 0 Å². The van der Waals surface area contributed by atoms with Gasteiger partial charge in [0.1, 0.15) is 0 Å². The Morgan fingerprint density at radius 3 is 2.52 bits per heavy atom. The predicted octanol–water partition coefficient (Wildman–Crippen LogP) is 1.81. The van der Waals surface area contributed by atoms with Gasteiger partial charge in [-0.05, 0) is 63.7 Å². The molecule has 4 rings (SSSR count). The van der Waals surface area contributed by atoms with E-state index in [0.29, 0.717) is 30.0 Å². The molecule has 2 saturated carbocycles. The third-order valence-corrected chi connectivity index (χ3v) is 5.77. The van der Waals surface area contributed by atoms with Crippen LogP contribution in [0.4, 0.5) is 0 Å². The number of nitrogens with two attached hydrogens (primary N) is 2. The molecule has 4 aliphatic carbocycles. The zero-order chi connectivity index (χ0) is 15.0. The molecule has 4 unspecified atom stereocenters. The van der Waals surface area contributed by atoms with Crippen molar-refractivity contribution in [2.75, 3.05) is 0 Å². The summed E-state index contributed by atoms with van der Waals surface area (Å²) < 4.78 is 0. The Bertz CT molecular complexity index is 400. The minimum Gasteiger partial charge on any atom is -0.328 e. The van der Waals surface area contributed by atoms with E-state index in [1.165, 1.54) is 37.7 Å². The summed E-state index contributed by atoms with van der Waals surface area (Å²) in [7, 11) is 0. The van der Waals surface area contributed by atoms with Crippen LogP contribution in [-0.4, -0.2) is 23.7 Å². The molecule has 4 nitrogen and oxygen atoms in total. The Hall–Kier alpha value is -0.420. The van der Waals surface area contributed by atoms with Crippen LogP contribution in [0.25, 0.3) is 0 Å². The van der Waals surface area contributed by atoms with E-state index in [-0.39, 0.29) is 5.54 Å². The fourth-order valence-electron chi connectivity index (χ4n) is 4.53. The Kier molecular flexibility index (Phi) is 4.42. The molecule has 0 radical (unpaired) electrons. The van der Waals surface area contributed by atoms with Crippen LogP contribution in [0.1, 0.15) is 58.8 Å². The number of nitrogens with one attached hydrogen (secondary N) is 2. The van der Waals surface area contributed by atoms with Gasteiger partial charge in [-0.2, -0.15) is 0 Å². The lowest BCUT2D eigenvalue weighted by Gasteiger charge is -2.47. The summed E-state index contributed by atoms with van der Waals surface area (Å²) in [5.74, 6) is 1.26. The molecular formula is C17H32N4. The van der Waals surface area contributed by atoms with Crippen molar-refractivity contribution in [2.45, 2.75) is 82.5 Å². The number of hydrazine groups is 1. The van der Waals surface area contributed by atoms with E-state index in [9.17, 15) is 0 Å². The highest BCUT2D eigenvalue weighted by atomic mass is 15.4. The van der Waals surface area contributed by atoms with E-state index in [1.807, 2.05) is 0 Å². The molecule has 4 atom stereocenters. The first-order chi connectivity index (χ1) is 9.95. The summed E-state index contributed by atoms with van der Waals surface area (Å²) in [4.78, 5) is 0. The van der Waals surface area contributed by atoms with Crippen molar-refractivity contribution in [3.63, 3.8) is 0 Å². The van der Waals surface area contributed by atoms with Gasteiger partial charge < -0.3 is 11.5 Å². The van der Waals surface area contributed by atoms with Gasteiger partial charge >= 0.3 is 0 Å². The zero-order valence-corrected chi connectivity index (χ0v) is 13.6. The van der Waals surface area contributed by atoms with Gasteiger partial charge in [-0.25, -0.2) is 0 Å². The third kappa shape index (κ3) is 3.50. The van der Waals surface area contributed by atoms with E-state index in [0.717, 1.165) is 12.8 Å². The summed E-state index contributed by atoms with van der Waals surface area (Å²) in [5, 5.41) is 0. The number of hydrogen-bond acceptors (Lipinski definition) is 4. The Morgan fingerprint density at radius 1 is 1.14 bits per heavy atom. The third-order valence-electron chi connectivity index (χ3n) is 5.77. The molecule has 4 heteroatoms. The van der Waals surface area contributed by atoms with E-state index >= 15 is 0 Å². The van der Waals surface area contributed by atoms with Gasteiger partial charge in [0, 0.05) is 23.7 Å². The van der Waals surface area contributed by atoms with Crippen LogP contribution in [0, 0.1) is 11.8 Å². The highest BCUT2D eigenvalue weighted by molar-refractivity contribution is 5.25. The Morgan fingerprint density at radius 2 is 1.86 bits per heavy atom. The fraction of sp³-hybridized carbons (Fsp3) is 0.882. The molecule has 0 aromatic heterocycles. The first-order valence-corrected chi connectivity index (χ1v) is 8.70. The molecule has 0 spiro atoms. The molecular weight excluding hydrogens is 260 g/mol. The number of rotatable bonds is 3. The Balaban J connectivity index is 1.57. The van der Waals surface area contributed by atoms with Crippen LogP contribution in [0.5, 0.6) is 0 Å². The lowest BCUT2D eigenvalue weighted by molar-refractivity contribution is 0.151. The van der Waals surface area contributed by atoms with Gasteiger partial charge in [-0.3, -0.25) is 10.9 Å². The zero-order valence-electron chi connectivity index (χ0n) is 13.6. The van der Waals surface area contributed by atoms with E-state index < -0.39 is 0 Å². The number of hydrogen-bond donors (Lipinski definition) is 4. The minimum atomic E-state index is 0.143. The van der Waals surface area contributed by atoms with Gasteiger partial charge in [0.2, 0.25) is 0 Å². The monoisotopic (exact) mass is 292 g/mol. The van der Waals surface area contributed by atoms with Crippen molar-refractivity contribution in [1.82, 2.24) is 10.9 Å². The molecule has 21 heavy (non-hydrogen) atoms. The molecule has 0 aromatic carbocycles. The summed E-state index contributed by atoms with van der Waals surface area (Å²) in [6, 6.07) is 1.29. The molecule has 6 N–H and O–H groups in total. The van der Waals surface area contributed by atoms with Crippen molar-refractivity contribution in [3.8, 4) is 0 Å². The molecule has 0 saturated heterocycles. The topological polar surface area (TPSA) is 76.1 Å². The van der Waals surface area contributed by atoms with Crippen LogP contribution < -0.4 is 22.3 Å². The first kappa shape index (κ1) is 15.5.